The Bertz CT molecular complexity index is 185. The van der Waals surface area contributed by atoms with Crippen LogP contribution in [0, 0.1) is 0 Å². The first-order valence-electron chi connectivity index (χ1n) is 4.64. The van der Waals surface area contributed by atoms with Crippen LogP contribution in [0.25, 0.3) is 0 Å². The summed E-state index contributed by atoms with van der Waals surface area (Å²) in [7, 11) is 0. The third-order valence-corrected chi connectivity index (χ3v) is 2.76. The number of hydrogen-bond acceptors (Lipinski definition) is 3. The molecule has 0 aromatic heterocycles. The summed E-state index contributed by atoms with van der Waals surface area (Å²) >= 11 is 0. The van der Waals surface area contributed by atoms with Crippen LogP contribution >= 0.6 is 0 Å². The fraction of sp³-hybridized carbons (Fsp3) is 0.778. The molecule has 2 rings (SSSR count). The Morgan fingerprint density at radius 2 is 2.42 bits per heavy atom. The van der Waals surface area contributed by atoms with Gasteiger partial charge in [0.25, 0.3) is 0 Å². The zero-order valence-corrected chi connectivity index (χ0v) is 7.21. The monoisotopic (exact) mass is 168 g/mol. The molecule has 3 N–H and O–H groups in total. The highest BCUT2D eigenvalue weighted by molar-refractivity contribution is 5.12. The van der Waals surface area contributed by atoms with Crippen molar-refractivity contribution in [3.05, 3.63) is 12.2 Å². The normalized spacial score (nSPS) is 41.9. The van der Waals surface area contributed by atoms with Crippen molar-refractivity contribution in [2.45, 2.75) is 24.5 Å². The lowest BCUT2D eigenvalue weighted by Crippen LogP contribution is -2.56. The van der Waals surface area contributed by atoms with Crippen LogP contribution in [0.15, 0.2) is 12.2 Å². The van der Waals surface area contributed by atoms with Crippen LogP contribution in [0.1, 0.15) is 12.8 Å². The molecule has 0 bridgehead atoms. The minimum atomic E-state index is -0.550. The third-order valence-electron chi connectivity index (χ3n) is 2.76. The van der Waals surface area contributed by atoms with E-state index >= 15 is 0 Å². The van der Waals surface area contributed by atoms with E-state index in [-0.39, 0.29) is 6.04 Å². The van der Waals surface area contributed by atoms with Gasteiger partial charge in [-0.15, -0.1) is 0 Å². The lowest BCUT2D eigenvalue weighted by molar-refractivity contribution is -0.00184. The number of piperidine rings is 1. The second kappa shape index (κ2) is 3.17. The summed E-state index contributed by atoms with van der Waals surface area (Å²) in [6, 6.07) is 0.158. The molecule has 0 radical (unpaired) electrons. The van der Waals surface area contributed by atoms with E-state index in [1.807, 2.05) is 0 Å². The van der Waals surface area contributed by atoms with Gasteiger partial charge in [0.1, 0.15) is 0 Å². The minimum absolute atomic E-state index is 0.158. The van der Waals surface area contributed by atoms with Gasteiger partial charge in [0.05, 0.1) is 11.6 Å². The summed E-state index contributed by atoms with van der Waals surface area (Å²) in [6.45, 7) is 2.65. The van der Waals surface area contributed by atoms with Gasteiger partial charge in [-0.3, -0.25) is 0 Å². The molecule has 2 heterocycles. The number of rotatable bonds is 1. The molecule has 68 valence electrons. The quantitative estimate of drug-likeness (QED) is 0.468. The van der Waals surface area contributed by atoms with E-state index in [0.717, 1.165) is 32.5 Å². The van der Waals surface area contributed by atoms with E-state index in [0.29, 0.717) is 0 Å². The summed E-state index contributed by atoms with van der Waals surface area (Å²) in [5, 5.41) is 16.7. The molecule has 1 saturated heterocycles. The van der Waals surface area contributed by atoms with Crippen molar-refractivity contribution in [3.8, 4) is 0 Å². The summed E-state index contributed by atoms with van der Waals surface area (Å²) in [6.07, 6.45) is 6.13. The van der Waals surface area contributed by atoms with Crippen LogP contribution in [0.4, 0.5) is 0 Å². The predicted octanol–water partition coefficient (Wildman–Crippen LogP) is -0.371. The maximum Gasteiger partial charge on any atom is 0.0959 e. The van der Waals surface area contributed by atoms with Crippen molar-refractivity contribution >= 4 is 0 Å². The Kier molecular flexibility index (Phi) is 2.17. The Morgan fingerprint density at radius 1 is 1.50 bits per heavy atom. The molecule has 0 aliphatic carbocycles. The smallest absolute Gasteiger partial charge is 0.0959 e. The lowest BCUT2D eigenvalue weighted by Gasteiger charge is -2.37. The summed E-state index contributed by atoms with van der Waals surface area (Å²) < 4.78 is 0. The van der Waals surface area contributed by atoms with E-state index in [9.17, 15) is 5.11 Å². The molecular formula is C9H16N2O. The molecule has 0 aromatic carbocycles. The third kappa shape index (κ3) is 1.40. The van der Waals surface area contributed by atoms with Gasteiger partial charge in [-0.25, -0.2) is 0 Å². The molecule has 0 spiro atoms. The second-order valence-electron chi connectivity index (χ2n) is 3.70. The van der Waals surface area contributed by atoms with Crippen LogP contribution in [0.2, 0.25) is 0 Å². The van der Waals surface area contributed by atoms with Crippen molar-refractivity contribution in [1.29, 1.82) is 0 Å². The number of hydrogen-bond donors (Lipinski definition) is 3. The van der Waals surface area contributed by atoms with Crippen LogP contribution < -0.4 is 10.6 Å². The molecule has 0 amide bonds. The largest absolute Gasteiger partial charge is 0.387 e. The zero-order chi connectivity index (χ0) is 8.44. The van der Waals surface area contributed by atoms with Gasteiger partial charge in [0, 0.05) is 13.1 Å². The van der Waals surface area contributed by atoms with E-state index in [4.69, 9.17) is 0 Å². The molecule has 0 aromatic rings. The lowest BCUT2D eigenvalue weighted by atomic mass is 9.87. The molecule has 0 saturated carbocycles. The Morgan fingerprint density at radius 3 is 3.00 bits per heavy atom. The van der Waals surface area contributed by atoms with Crippen molar-refractivity contribution in [2.24, 2.45) is 0 Å². The first-order valence-corrected chi connectivity index (χ1v) is 4.64. The molecule has 2 aliphatic rings. The van der Waals surface area contributed by atoms with Crippen LogP contribution in [-0.4, -0.2) is 36.4 Å². The maximum atomic E-state index is 10.2. The first-order chi connectivity index (χ1) is 5.81. The van der Waals surface area contributed by atoms with Crippen LogP contribution in [0.3, 0.4) is 0 Å². The SMILES string of the molecule is OC1(C2C=CCN2)CCCNC1. The minimum Gasteiger partial charge on any atom is -0.387 e. The standard InChI is InChI=1S/C9H16N2O/c12-9(4-2-5-10-7-9)8-3-1-6-11-8/h1,3,8,10-12H,2,4-7H2. The molecule has 3 heteroatoms. The average molecular weight is 168 g/mol. The molecule has 2 aliphatic heterocycles. The fourth-order valence-electron chi connectivity index (χ4n) is 2.01. The van der Waals surface area contributed by atoms with E-state index in [1.165, 1.54) is 0 Å². The maximum absolute atomic E-state index is 10.2. The topological polar surface area (TPSA) is 44.3 Å². The van der Waals surface area contributed by atoms with E-state index in [1.54, 1.807) is 0 Å². The van der Waals surface area contributed by atoms with Gasteiger partial charge in [0.2, 0.25) is 0 Å². The van der Waals surface area contributed by atoms with Gasteiger partial charge in [0.15, 0.2) is 0 Å². The molecule has 2 atom stereocenters. The predicted molar refractivity (Wildman–Crippen MR) is 48.0 cm³/mol. The summed E-state index contributed by atoms with van der Waals surface area (Å²) in [4.78, 5) is 0. The van der Waals surface area contributed by atoms with Gasteiger partial charge in [-0.2, -0.15) is 0 Å². The Balaban J connectivity index is 2.02. The Labute approximate surface area is 72.9 Å². The molecular weight excluding hydrogens is 152 g/mol. The van der Waals surface area contributed by atoms with Gasteiger partial charge >= 0.3 is 0 Å². The Hall–Kier alpha value is -0.380. The zero-order valence-electron chi connectivity index (χ0n) is 7.21. The molecule has 12 heavy (non-hydrogen) atoms. The van der Waals surface area contributed by atoms with Crippen molar-refractivity contribution in [3.63, 3.8) is 0 Å². The highest BCUT2D eigenvalue weighted by Crippen LogP contribution is 2.22. The highest BCUT2D eigenvalue weighted by atomic mass is 16.3. The fourth-order valence-corrected chi connectivity index (χ4v) is 2.01. The summed E-state index contributed by atoms with van der Waals surface area (Å²) in [5.74, 6) is 0. The molecule has 3 nitrogen and oxygen atoms in total. The highest BCUT2D eigenvalue weighted by Gasteiger charge is 2.37. The molecule has 1 fully saturated rings. The van der Waals surface area contributed by atoms with E-state index in [2.05, 4.69) is 22.8 Å². The second-order valence-corrected chi connectivity index (χ2v) is 3.70. The van der Waals surface area contributed by atoms with Gasteiger partial charge in [-0.05, 0) is 19.4 Å². The molecule has 2 unspecified atom stereocenters. The van der Waals surface area contributed by atoms with Crippen molar-refractivity contribution in [1.82, 2.24) is 10.6 Å². The van der Waals surface area contributed by atoms with Gasteiger partial charge < -0.3 is 15.7 Å². The number of aliphatic hydroxyl groups is 1. The summed E-state index contributed by atoms with van der Waals surface area (Å²) in [5.41, 5.74) is -0.550. The van der Waals surface area contributed by atoms with Crippen molar-refractivity contribution in [2.75, 3.05) is 19.6 Å². The number of β-amino-alcohol motifs (C(OH)–C–C–N with tert-alkyl or cyclic N) is 1. The van der Waals surface area contributed by atoms with Crippen LogP contribution in [-0.2, 0) is 0 Å². The van der Waals surface area contributed by atoms with Gasteiger partial charge in [-0.1, -0.05) is 12.2 Å². The first kappa shape index (κ1) is 8.23. The van der Waals surface area contributed by atoms with E-state index < -0.39 is 5.60 Å². The number of nitrogens with one attached hydrogen (secondary N) is 2. The van der Waals surface area contributed by atoms with Crippen LogP contribution in [0.5, 0.6) is 0 Å². The van der Waals surface area contributed by atoms with Crippen molar-refractivity contribution < 1.29 is 5.11 Å². The average Bonchev–Trinajstić information content (AvgIpc) is 2.58.